The lowest BCUT2D eigenvalue weighted by Crippen LogP contribution is -2.27. The average Bonchev–Trinajstić information content (AvgIpc) is 2.91. The summed E-state index contributed by atoms with van der Waals surface area (Å²) in [5, 5.41) is 15.8. The van der Waals surface area contributed by atoms with E-state index in [2.05, 4.69) is 5.32 Å². The molecule has 104 valence electrons. The Morgan fingerprint density at radius 3 is 2.70 bits per heavy atom. The third-order valence-electron chi connectivity index (χ3n) is 2.98. The number of thiophene rings is 1. The number of nitro benzene ring substituents is 1. The molecule has 1 aromatic heterocycles. The molecule has 1 unspecified atom stereocenters. The zero-order chi connectivity index (χ0) is 14.7. The summed E-state index contributed by atoms with van der Waals surface area (Å²) in [7, 11) is 0. The maximum Gasteiger partial charge on any atom is 0.285 e. The van der Waals surface area contributed by atoms with Crippen molar-refractivity contribution in [1.29, 1.82) is 0 Å². The van der Waals surface area contributed by atoms with E-state index in [9.17, 15) is 14.9 Å². The number of amides is 1. The lowest BCUT2D eigenvalue weighted by atomic mass is 10.1. The molecule has 0 saturated heterocycles. The number of rotatable bonds is 4. The molecule has 0 fully saturated rings. The molecule has 1 aromatic carbocycles. The molecule has 1 atom stereocenters. The molecule has 0 saturated carbocycles. The molecular formula is C14H14N2O3S. The largest absolute Gasteiger partial charge is 0.344 e. The number of nitrogens with zero attached hydrogens (tertiary/aromatic N) is 1. The normalized spacial score (nSPS) is 11.9. The van der Waals surface area contributed by atoms with Crippen molar-refractivity contribution in [2.75, 3.05) is 0 Å². The van der Waals surface area contributed by atoms with Crippen LogP contribution in [-0.4, -0.2) is 10.8 Å². The maximum absolute atomic E-state index is 12.2. The summed E-state index contributed by atoms with van der Waals surface area (Å²) in [6.07, 6.45) is 0. The summed E-state index contributed by atoms with van der Waals surface area (Å²) in [5.41, 5.74) is 0.438. The fourth-order valence-corrected chi connectivity index (χ4v) is 2.70. The third kappa shape index (κ3) is 2.85. The minimum absolute atomic E-state index is 0.0957. The molecule has 2 rings (SSSR count). The molecule has 5 nitrogen and oxygen atoms in total. The van der Waals surface area contributed by atoms with Crippen LogP contribution in [0.15, 0.2) is 35.7 Å². The smallest absolute Gasteiger partial charge is 0.285 e. The third-order valence-corrected chi connectivity index (χ3v) is 4.04. The maximum atomic E-state index is 12.2. The van der Waals surface area contributed by atoms with Gasteiger partial charge < -0.3 is 5.32 Å². The van der Waals surface area contributed by atoms with Crippen molar-refractivity contribution in [2.45, 2.75) is 19.9 Å². The summed E-state index contributed by atoms with van der Waals surface area (Å²) in [6, 6.07) is 8.38. The van der Waals surface area contributed by atoms with Crippen molar-refractivity contribution in [3.8, 4) is 0 Å². The molecule has 2 aromatic rings. The Bertz CT molecular complexity index is 638. The summed E-state index contributed by atoms with van der Waals surface area (Å²) in [5.74, 6) is -0.429. The van der Waals surface area contributed by atoms with Gasteiger partial charge in [-0.15, -0.1) is 11.3 Å². The van der Waals surface area contributed by atoms with E-state index >= 15 is 0 Å². The van der Waals surface area contributed by atoms with Crippen LogP contribution in [0.25, 0.3) is 0 Å². The van der Waals surface area contributed by atoms with Gasteiger partial charge in [0.05, 0.1) is 11.0 Å². The first-order valence-electron chi connectivity index (χ1n) is 6.09. The SMILES string of the molecule is Cc1cccc(C(=O)NC(C)c2cccs2)c1[N+](=O)[O-]. The standard InChI is InChI=1S/C14H14N2O3S/c1-9-5-3-6-11(13(9)16(18)19)14(17)15-10(2)12-7-4-8-20-12/h3-8,10H,1-2H3,(H,15,17). The highest BCUT2D eigenvalue weighted by atomic mass is 32.1. The van der Waals surface area contributed by atoms with Gasteiger partial charge in [0.1, 0.15) is 5.56 Å². The second kappa shape index (κ2) is 5.83. The van der Waals surface area contributed by atoms with Gasteiger partial charge in [-0.2, -0.15) is 0 Å². The molecule has 1 N–H and O–H groups in total. The van der Waals surface area contributed by atoms with Gasteiger partial charge in [-0.1, -0.05) is 18.2 Å². The first kappa shape index (κ1) is 14.2. The first-order valence-corrected chi connectivity index (χ1v) is 6.97. The molecule has 1 heterocycles. The van der Waals surface area contributed by atoms with Crippen LogP contribution in [-0.2, 0) is 0 Å². The van der Waals surface area contributed by atoms with Crippen LogP contribution in [0.2, 0.25) is 0 Å². The van der Waals surface area contributed by atoms with Crippen LogP contribution in [0, 0.1) is 17.0 Å². The van der Waals surface area contributed by atoms with Crippen LogP contribution in [0.3, 0.4) is 0 Å². The van der Waals surface area contributed by atoms with E-state index in [0.717, 1.165) is 4.88 Å². The second-order valence-corrected chi connectivity index (χ2v) is 5.42. The zero-order valence-electron chi connectivity index (χ0n) is 11.1. The van der Waals surface area contributed by atoms with E-state index < -0.39 is 10.8 Å². The number of carbonyl (C=O) groups excluding carboxylic acids is 1. The lowest BCUT2D eigenvalue weighted by Gasteiger charge is -2.12. The summed E-state index contributed by atoms with van der Waals surface area (Å²) < 4.78 is 0. The molecule has 0 aliphatic carbocycles. The van der Waals surface area contributed by atoms with Crippen molar-refractivity contribution in [2.24, 2.45) is 0 Å². The van der Waals surface area contributed by atoms with Gasteiger partial charge in [0.15, 0.2) is 0 Å². The summed E-state index contributed by atoms with van der Waals surface area (Å²) in [6.45, 7) is 3.48. The number of nitro groups is 1. The Balaban J connectivity index is 2.26. The van der Waals surface area contributed by atoms with Gasteiger partial charge in [-0.05, 0) is 31.4 Å². The highest BCUT2D eigenvalue weighted by Crippen LogP contribution is 2.24. The fraction of sp³-hybridized carbons (Fsp3) is 0.214. The van der Waals surface area contributed by atoms with Gasteiger partial charge in [0.25, 0.3) is 11.6 Å². The predicted molar refractivity (Wildman–Crippen MR) is 78.0 cm³/mol. The van der Waals surface area contributed by atoms with Gasteiger partial charge in [0, 0.05) is 10.4 Å². The molecule has 0 aliphatic rings. The fourth-order valence-electron chi connectivity index (χ4n) is 1.97. The van der Waals surface area contributed by atoms with E-state index in [1.165, 1.54) is 17.4 Å². The van der Waals surface area contributed by atoms with E-state index in [1.807, 2.05) is 24.4 Å². The number of nitrogens with one attached hydrogen (secondary N) is 1. The molecule has 0 radical (unpaired) electrons. The van der Waals surface area contributed by atoms with Gasteiger partial charge in [-0.25, -0.2) is 0 Å². The van der Waals surface area contributed by atoms with Gasteiger partial charge in [0.2, 0.25) is 0 Å². The number of hydrogen-bond acceptors (Lipinski definition) is 4. The molecule has 0 aliphatic heterocycles. The molecule has 0 bridgehead atoms. The Labute approximate surface area is 120 Å². The predicted octanol–water partition coefficient (Wildman–Crippen LogP) is 3.46. The average molecular weight is 290 g/mol. The van der Waals surface area contributed by atoms with Gasteiger partial charge >= 0.3 is 0 Å². The number of para-hydroxylation sites is 1. The highest BCUT2D eigenvalue weighted by Gasteiger charge is 2.23. The number of hydrogen-bond donors (Lipinski definition) is 1. The molecule has 0 spiro atoms. The van der Waals surface area contributed by atoms with Crippen molar-refractivity contribution >= 4 is 22.9 Å². The summed E-state index contributed by atoms with van der Waals surface area (Å²) in [4.78, 5) is 23.8. The van der Waals surface area contributed by atoms with Crippen LogP contribution >= 0.6 is 11.3 Å². The summed E-state index contributed by atoms with van der Waals surface area (Å²) >= 11 is 1.53. The quantitative estimate of drug-likeness (QED) is 0.692. The monoisotopic (exact) mass is 290 g/mol. The van der Waals surface area contributed by atoms with E-state index in [4.69, 9.17) is 0 Å². The Hall–Kier alpha value is -2.21. The minimum Gasteiger partial charge on any atom is -0.344 e. The number of benzene rings is 1. The van der Waals surface area contributed by atoms with E-state index in [0.29, 0.717) is 5.56 Å². The Morgan fingerprint density at radius 1 is 1.35 bits per heavy atom. The van der Waals surface area contributed by atoms with Crippen LogP contribution < -0.4 is 5.32 Å². The lowest BCUT2D eigenvalue weighted by molar-refractivity contribution is -0.385. The van der Waals surface area contributed by atoms with Crippen molar-refractivity contribution < 1.29 is 9.72 Å². The number of aryl methyl sites for hydroxylation is 1. The van der Waals surface area contributed by atoms with Crippen LogP contribution in [0.5, 0.6) is 0 Å². The minimum atomic E-state index is -0.514. The van der Waals surface area contributed by atoms with Crippen LogP contribution in [0.1, 0.15) is 33.8 Å². The molecular weight excluding hydrogens is 276 g/mol. The number of carbonyl (C=O) groups is 1. The van der Waals surface area contributed by atoms with E-state index in [-0.39, 0.29) is 17.3 Å². The van der Waals surface area contributed by atoms with Crippen molar-refractivity contribution in [1.82, 2.24) is 5.32 Å². The molecule has 1 amide bonds. The highest BCUT2D eigenvalue weighted by molar-refractivity contribution is 7.10. The topological polar surface area (TPSA) is 72.2 Å². The Kier molecular flexibility index (Phi) is 4.14. The Morgan fingerprint density at radius 2 is 2.10 bits per heavy atom. The van der Waals surface area contributed by atoms with Crippen molar-refractivity contribution in [3.05, 3.63) is 61.8 Å². The van der Waals surface area contributed by atoms with Gasteiger partial charge in [-0.3, -0.25) is 14.9 Å². The molecule has 6 heteroatoms. The first-order chi connectivity index (χ1) is 9.50. The molecule has 20 heavy (non-hydrogen) atoms. The van der Waals surface area contributed by atoms with Crippen LogP contribution in [0.4, 0.5) is 5.69 Å². The zero-order valence-corrected chi connectivity index (χ0v) is 11.9. The second-order valence-electron chi connectivity index (χ2n) is 4.44. The van der Waals surface area contributed by atoms with E-state index in [1.54, 1.807) is 19.1 Å². The van der Waals surface area contributed by atoms with Crippen molar-refractivity contribution in [3.63, 3.8) is 0 Å².